The van der Waals surface area contributed by atoms with Crippen molar-refractivity contribution in [3.05, 3.63) is 122 Å². The van der Waals surface area contributed by atoms with Crippen LogP contribution in [0.5, 0.6) is 0 Å². The molecule has 0 aliphatic carbocycles. The molecule has 1 aliphatic rings. The van der Waals surface area contributed by atoms with E-state index >= 15 is 0 Å². The summed E-state index contributed by atoms with van der Waals surface area (Å²) in [6.45, 7) is 2.00. The Morgan fingerprint density at radius 3 is 2.00 bits per heavy atom. The first kappa shape index (κ1) is 26.2. The highest BCUT2D eigenvalue weighted by molar-refractivity contribution is 7.13. The zero-order valence-corrected chi connectivity index (χ0v) is 20.8. The Balaban J connectivity index is 1.81. The van der Waals surface area contributed by atoms with Gasteiger partial charge in [-0.25, -0.2) is 0 Å². The van der Waals surface area contributed by atoms with Gasteiger partial charge in [-0.3, -0.25) is 0 Å². The molecule has 2 heterocycles. The van der Waals surface area contributed by atoms with E-state index in [2.05, 4.69) is 0 Å². The van der Waals surface area contributed by atoms with Crippen molar-refractivity contribution in [3.63, 3.8) is 0 Å². The highest BCUT2D eigenvalue weighted by Crippen LogP contribution is 2.55. The SMILES string of the molecule is Cc1ccc(/C=C/c2ccc(/C=C/C3=C(C#N)C(=C(C#N)C#N)OC3(c3ccccc3)C(F)(F)F)s2)cc1. The van der Waals surface area contributed by atoms with Gasteiger partial charge in [-0.2, -0.15) is 29.0 Å². The quantitative estimate of drug-likeness (QED) is 0.318. The van der Waals surface area contributed by atoms with Crippen LogP contribution in [-0.4, -0.2) is 6.18 Å². The third kappa shape index (κ3) is 4.89. The van der Waals surface area contributed by atoms with Crippen molar-refractivity contribution in [2.45, 2.75) is 18.7 Å². The van der Waals surface area contributed by atoms with Crippen LogP contribution in [0, 0.1) is 40.9 Å². The standard InChI is InChI=1S/C30H18F3N3OS/c1-20-7-9-21(10-8-20)11-12-24-13-14-25(38-24)15-16-27-26(19-36)28(22(17-34)18-35)37-29(27,30(31,32)33)23-5-3-2-4-6-23/h2-16H,1H3/b12-11+,16-15+. The summed E-state index contributed by atoms with van der Waals surface area (Å²) in [6, 6.07) is 23.2. The van der Waals surface area contributed by atoms with E-state index < -0.39 is 34.3 Å². The number of allylic oxidation sites excluding steroid dienone is 2. The number of alkyl halides is 3. The molecular weight excluding hydrogens is 507 g/mol. The minimum atomic E-state index is -5.02. The van der Waals surface area contributed by atoms with Gasteiger partial charge in [-0.1, -0.05) is 72.3 Å². The number of aryl methyl sites for hydroxylation is 1. The molecule has 1 aromatic heterocycles. The van der Waals surface area contributed by atoms with Crippen molar-refractivity contribution >= 4 is 29.6 Å². The van der Waals surface area contributed by atoms with Crippen LogP contribution < -0.4 is 0 Å². The molecule has 2 aromatic carbocycles. The van der Waals surface area contributed by atoms with Crippen LogP contribution in [0.4, 0.5) is 13.2 Å². The highest BCUT2D eigenvalue weighted by atomic mass is 32.1. The van der Waals surface area contributed by atoms with Crippen LogP contribution in [0.1, 0.15) is 26.4 Å². The van der Waals surface area contributed by atoms with E-state index in [1.165, 1.54) is 59.9 Å². The van der Waals surface area contributed by atoms with Crippen LogP contribution in [-0.2, 0) is 10.3 Å². The molecule has 1 atom stereocenters. The number of nitriles is 3. The van der Waals surface area contributed by atoms with Crippen molar-refractivity contribution in [2.24, 2.45) is 0 Å². The molecule has 0 saturated heterocycles. The Labute approximate surface area is 221 Å². The summed E-state index contributed by atoms with van der Waals surface area (Å²) in [5.74, 6) is -0.689. The molecule has 8 heteroatoms. The van der Waals surface area contributed by atoms with Gasteiger partial charge >= 0.3 is 6.18 Å². The number of benzene rings is 2. The van der Waals surface area contributed by atoms with Crippen LogP contribution in [0.3, 0.4) is 0 Å². The van der Waals surface area contributed by atoms with Crippen molar-refractivity contribution < 1.29 is 17.9 Å². The molecule has 186 valence electrons. The van der Waals surface area contributed by atoms with Crippen LogP contribution in [0.2, 0.25) is 0 Å². The lowest BCUT2D eigenvalue weighted by atomic mass is 9.84. The molecule has 4 nitrogen and oxygen atoms in total. The Morgan fingerprint density at radius 1 is 0.842 bits per heavy atom. The maximum atomic E-state index is 14.8. The number of rotatable bonds is 5. The molecule has 0 N–H and O–H groups in total. The van der Waals surface area contributed by atoms with E-state index in [0.717, 1.165) is 16.0 Å². The van der Waals surface area contributed by atoms with Crippen LogP contribution >= 0.6 is 11.3 Å². The summed E-state index contributed by atoms with van der Waals surface area (Å²) in [7, 11) is 0. The van der Waals surface area contributed by atoms with E-state index in [9.17, 15) is 29.0 Å². The van der Waals surface area contributed by atoms with E-state index in [-0.39, 0.29) is 5.56 Å². The molecule has 0 radical (unpaired) electrons. The minimum Gasteiger partial charge on any atom is -0.465 e. The molecule has 0 saturated carbocycles. The van der Waals surface area contributed by atoms with Gasteiger partial charge in [-0.05, 0) is 36.8 Å². The van der Waals surface area contributed by atoms with Crippen molar-refractivity contribution in [1.29, 1.82) is 15.8 Å². The number of hydrogen-bond acceptors (Lipinski definition) is 5. The summed E-state index contributed by atoms with van der Waals surface area (Å²) >= 11 is 1.35. The Bertz CT molecular complexity index is 1590. The fraction of sp³-hybridized carbons (Fsp3) is 0.100. The fourth-order valence-electron chi connectivity index (χ4n) is 4.00. The average Bonchev–Trinajstić information content (AvgIpc) is 3.51. The second-order valence-corrected chi connectivity index (χ2v) is 9.44. The van der Waals surface area contributed by atoms with Gasteiger partial charge in [-0.15, -0.1) is 11.3 Å². The first-order valence-corrected chi connectivity index (χ1v) is 12.1. The maximum Gasteiger partial charge on any atom is 0.437 e. The summed E-state index contributed by atoms with van der Waals surface area (Å²) in [5.41, 5.74) is -2.93. The lowest BCUT2D eigenvalue weighted by Gasteiger charge is -2.33. The minimum absolute atomic E-state index is 0.280. The Hall–Kier alpha value is -4.84. The largest absolute Gasteiger partial charge is 0.465 e. The molecular formula is C30H18F3N3OS. The zero-order chi connectivity index (χ0) is 27.3. The molecule has 1 aliphatic heterocycles. The monoisotopic (exact) mass is 525 g/mol. The van der Waals surface area contributed by atoms with Gasteiger partial charge in [0.15, 0.2) is 11.3 Å². The van der Waals surface area contributed by atoms with E-state index in [1.54, 1.807) is 18.2 Å². The number of hydrogen-bond donors (Lipinski definition) is 0. The first-order chi connectivity index (χ1) is 18.2. The predicted molar refractivity (Wildman–Crippen MR) is 140 cm³/mol. The van der Waals surface area contributed by atoms with Crippen molar-refractivity contribution in [3.8, 4) is 18.2 Å². The predicted octanol–water partition coefficient (Wildman–Crippen LogP) is 7.85. The molecule has 38 heavy (non-hydrogen) atoms. The van der Waals surface area contributed by atoms with Crippen molar-refractivity contribution in [1.82, 2.24) is 0 Å². The second kappa shape index (κ2) is 10.6. The summed E-state index contributed by atoms with van der Waals surface area (Å²) < 4.78 is 49.9. The molecule has 0 fully saturated rings. The lowest BCUT2D eigenvalue weighted by Crippen LogP contribution is -2.43. The summed E-state index contributed by atoms with van der Waals surface area (Å²) in [4.78, 5) is 1.52. The van der Waals surface area contributed by atoms with Crippen LogP contribution in [0.15, 0.2) is 95.3 Å². The third-order valence-electron chi connectivity index (χ3n) is 5.85. The highest BCUT2D eigenvalue weighted by Gasteiger charge is 2.65. The Kier molecular flexibility index (Phi) is 7.35. The zero-order valence-electron chi connectivity index (χ0n) is 20.0. The summed E-state index contributed by atoms with van der Waals surface area (Å²) in [5, 5.41) is 28.5. The van der Waals surface area contributed by atoms with E-state index in [1.807, 2.05) is 49.4 Å². The fourth-order valence-corrected chi connectivity index (χ4v) is 4.82. The molecule has 1 unspecified atom stereocenters. The van der Waals surface area contributed by atoms with Gasteiger partial charge in [0.05, 0.1) is 0 Å². The van der Waals surface area contributed by atoms with Gasteiger partial charge in [0.2, 0.25) is 0 Å². The lowest BCUT2D eigenvalue weighted by molar-refractivity contribution is -0.249. The number of thiophene rings is 1. The summed E-state index contributed by atoms with van der Waals surface area (Å²) in [6.07, 6.45) is 1.46. The second-order valence-electron chi connectivity index (χ2n) is 8.29. The van der Waals surface area contributed by atoms with Gasteiger partial charge < -0.3 is 4.74 Å². The topological polar surface area (TPSA) is 80.6 Å². The van der Waals surface area contributed by atoms with E-state index in [0.29, 0.717) is 4.88 Å². The molecule has 0 spiro atoms. The number of ether oxygens (including phenoxy) is 1. The van der Waals surface area contributed by atoms with Gasteiger partial charge in [0.25, 0.3) is 5.60 Å². The molecule has 0 bridgehead atoms. The Morgan fingerprint density at radius 2 is 1.45 bits per heavy atom. The smallest absolute Gasteiger partial charge is 0.437 e. The van der Waals surface area contributed by atoms with Crippen molar-refractivity contribution in [2.75, 3.05) is 0 Å². The number of halogens is 3. The normalized spacial score (nSPS) is 17.3. The average molecular weight is 526 g/mol. The number of nitrogens with zero attached hydrogens (tertiary/aromatic N) is 3. The molecule has 0 amide bonds. The third-order valence-corrected chi connectivity index (χ3v) is 6.87. The van der Waals surface area contributed by atoms with Gasteiger partial charge in [0, 0.05) is 20.9 Å². The maximum absolute atomic E-state index is 14.8. The molecule has 4 rings (SSSR count). The van der Waals surface area contributed by atoms with Crippen LogP contribution in [0.25, 0.3) is 18.2 Å². The van der Waals surface area contributed by atoms with E-state index in [4.69, 9.17) is 4.74 Å². The molecule has 3 aromatic rings. The van der Waals surface area contributed by atoms with Gasteiger partial charge in [0.1, 0.15) is 23.8 Å². The first-order valence-electron chi connectivity index (χ1n) is 11.3.